The third kappa shape index (κ3) is 2.36. The van der Waals surface area contributed by atoms with Crippen LogP contribution in [0.3, 0.4) is 0 Å². The van der Waals surface area contributed by atoms with Gasteiger partial charge in [-0.2, -0.15) is 0 Å². The lowest BCUT2D eigenvalue weighted by Crippen LogP contribution is -2.17. The van der Waals surface area contributed by atoms with Gasteiger partial charge in [0.2, 0.25) is 0 Å². The van der Waals surface area contributed by atoms with E-state index in [1.54, 1.807) is 0 Å². The van der Waals surface area contributed by atoms with Gasteiger partial charge in [0.05, 0.1) is 12.3 Å². The average molecular weight is 205 g/mol. The Morgan fingerprint density at radius 1 is 1.40 bits per heavy atom. The van der Waals surface area contributed by atoms with Crippen molar-refractivity contribution in [2.24, 2.45) is 5.16 Å². The van der Waals surface area contributed by atoms with E-state index in [0.717, 1.165) is 17.7 Å². The molecule has 0 fully saturated rings. The second-order valence-electron chi connectivity index (χ2n) is 3.80. The number of hydrogen-bond acceptors (Lipinski definition) is 3. The molecule has 2 rings (SSSR count). The van der Waals surface area contributed by atoms with Gasteiger partial charge in [-0.1, -0.05) is 29.4 Å². The monoisotopic (exact) mass is 205 g/mol. The van der Waals surface area contributed by atoms with Crippen LogP contribution < -0.4 is 0 Å². The molecule has 1 heterocycles. The minimum Gasteiger partial charge on any atom is -0.359 e. The first-order valence-corrected chi connectivity index (χ1v) is 5.14. The van der Waals surface area contributed by atoms with E-state index in [-0.39, 0.29) is 6.29 Å². The van der Waals surface area contributed by atoms with Crippen molar-refractivity contribution in [3.05, 3.63) is 35.4 Å². The summed E-state index contributed by atoms with van der Waals surface area (Å²) in [6, 6.07) is 8.17. The highest BCUT2D eigenvalue weighted by Gasteiger charge is 2.21. The van der Waals surface area contributed by atoms with Crippen LogP contribution in [-0.4, -0.2) is 12.3 Å². The molecule has 80 valence electrons. The summed E-state index contributed by atoms with van der Waals surface area (Å²) in [5.41, 5.74) is 3.27. The molecule has 3 heteroatoms. The number of rotatable bonds is 2. The van der Waals surface area contributed by atoms with Gasteiger partial charge in [0.25, 0.3) is 6.29 Å². The highest BCUT2D eigenvalue weighted by atomic mass is 16.8. The van der Waals surface area contributed by atoms with Gasteiger partial charge in [-0.05, 0) is 25.8 Å². The Labute approximate surface area is 89.7 Å². The van der Waals surface area contributed by atoms with Gasteiger partial charge < -0.3 is 9.57 Å². The molecule has 1 aliphatic rings. The van der Waals surface area contributed by atoms with E-state index in [0.29, 0.717) is 6.61 Å². The molecule has 0 aliphatic carbocycles. The van der Waals surface area contributed by atoms with Crippen molar-refractivity contribution in [3.63, 3.8) is 0 Å². The number of hydrogen-bond donors (Lipinski definition) is 0. The summed E-state index contributed by atoms with van der Waals surface area (Å²) < 4.78 is 5.53. The second-order valence-corrected chi connectivity index (χ2v) is 3.80. The van der Waals surface area contributed by atoms with Crippen LogP contribution >= 0.6 is 0 Å². The summed E-state index contributed by atoms with van der Waals surface area (Å²) in [7, 11) is 0. The molecule has 0 aromatic heterocycles. The Morgan fingerprint density at radius 3 is 3.00 bits per heavy atom. The summed E-state index contributed by atoms with van der Waals surface area (Å²) in [5.74, 6) is 0. The van der Waals surface area contributed by atoms with Crippen LogP contribution in [0.5, 0.6) is 0 Å². The number of oxime groups is 1. The van der Waals surface area contributed by atoms with Crippen LogP contribution in [-0.2, 0) is 16.0 Å². The predicted octanol–water partition coefficient (Wildman–Crippen LogP) is 2.67. The van der Waals surface area contributed by atoms with E-state index >= 15 is 0 Å². The lowest BCUT2D eigenvalue weighted by molar-refractivity contribution is -0.153. The van der Waals surface area contributed by atoms with Gasteiger partial charge in [0.1, 0.15) is 0 Å². The smallest absolute Gasteiger partial charge is 0.253 e. The summed E-state index contributed by atoms with van der Waals surface area (Å²) >= 11 is 0. The first-order valence-electron chi connectivity index (χ1n) is 5.14. The summed E-state index contributed by atoms with van der Waals surface area (Å²) in [4.78, 5) is 5.34. The molecule has 0 saturated carbocycles. The van der Waals surface area contributed by atoms with E-state index in [2.05, 4.69) is 11.2 Å². The molecule has 0 radical (unpaired) electrons. The lowest BCUT2D eigenvalue weighted by Gasteiger charge is -2.23. The van der Waals surface area contributed by atoms with Crippen LogP contribution in [0, 0.1) is 0 Å². The van der Waals surface area contributed by atoms with Gasteiger partial charge in [0, 0.05) is 5.56 Å². The van der Waals surface area contributed by atoms with Crippen LogP contribution in [0.15, 0.2) is 29.4 Å². The normalized spacial score (nSPS) is 19.2. The van der Waals surface area contributed by atoms with E-state index in [4.69, 9.17) is 9.57 Å². The Morgan fingerprint density at radius 2 is 2.20 bits per heavy atom. The zero-order valence-electron chi connectivity index (χ0n) is 9.06. The van der Waals surface area contributed by atoms with E-state index in [1.807, 2.05) is 32.0 Å². The first kappa shape index (κ1) is 10.2. The molecule has 0 N–H and O–H groups in total. The van der Waals surface area contributed by atoms with Crippen molar-refractivity contribution in [2.75, 3.05) is 6.61 Å². The van der Waals surface area contributed by atoms with Crippen molar-refractivity contribution >= 4 is 5.71 Å². The van der Waals surface area contributed by atoms with Crippen molar-refractivity contribution in [1.82, 2.24) is 0 Å². The maximum atomic E-state index is 5.53. The standard InChI is InChI=1S/C12H15NO2/c1-9(2)13-15-12-11-6-4-3-5-10(11)7-8-14-12/h3-6,12H,7-8H2,1-2H3. The fraction of sp³-hybridized carbons (Fsp3) is 0.417. The third-order valence-corrected chi connectivity index (χ3v) is 2.28. The fourth-order valence-corrected chi connectivity index (χ4v) is 1.60. The largest absolute Gasteiger partial charge is 0.359 e. The van der Waals surface area contributed by atoms with Crippen molar-refractivity contribution in [1.29, 1.82) is 0 Å². The molecule has 15 heavy (non-hydrogen) atoms. The molecule has 1 unspecified atom stereocenters. The van der Waals surface area contributed by atoms with E-state index in [9.17, 15) is 0 Å². The van der Waals surface area contributed by atoms with Gasteiger partial charge >= 0.3 is 0 Å². The summed E-state index contributed by atoms with van der Waals surface area (Å²) in [6.45, 7) is 4.49. The molecule has 1 aliphatic heterocycles. The average Bonchev–Trinajstić information content (AvgIpc) is 2.26. The van der Waals surface area contributed by atoms with E-state index in [1.165, 1.54) is 5.56 Å². The lowest BCUT2D eigenvalue weighted by atomic mass is 10.0. The van der Waals surface area contributed by atoms with Crippen LogP contribution in [0.2, 0.25) is 0 Å². The summed E-state index contributed by atoms with van der Waals surface area (Å²) in [6.07, 6.45) is 0.607. The molecule has 1 aromatic rings. The second kappa shape index (κ2) is 4.45. The van der Waals surface area contributed by atoms with Gasteiger partial charge in [-0.3, -0.25) is 0 Å². The molecule has 1 atom stereocenters. The Hall–Kier alpha value is -1.35. The Bertz CT molecular complexity index is 370. The van der Waals surface area contributed by atoms with Crippen molar-refractivity contribution in [2.45, 2.75) is 26.6 Å². The van der Waals surface area contributed by atoms with Crippen molar-refractivity contribution < 1.29 is 9.57 Å². The molecule has 3 nitrogen and oxygen atoms in total. The number of fused-ring (bicyclic) bond motifs is 1. The highest BCUT2D eigenvalue weighted by molar-refractivity contribution is 5.78. The SMILES string of the molecule is CC(C)=NOC1OCCc2ccccc21. The number of nitrogens with zero attached hydrogens (tertiary/aromatic N) is 1. The quantitative estimate of drug-likeness (QED) is 0.549. The number of ether oxygens (including phenoxy) is 1. The minimum absolute atomic E-state index is 0.343. The molecule has 0 saturated heterocycles. The minimum atomic E-state index is -0.343. The number of benzene rings is 1. The Balaban J connectivity index is 2.19. The topological polar surface area (TPSA) is 30.8 Å². The molecule has 0 amide bonds. The zero-order chi connectivity index (χ0) is 10.7. The third-order valence-electron chi connectivity index (χ3n) is 2.28. The van der Waals surface area contributed by atoms with Gasteiger partial charge in [-0.15, -0.1) is 0 Å². The van der Waals surface area contributed by atoms with Gasteiger partial charge in [-0.25, -0.2) is 0 Å². The maximum absolute atomic E-state index is 5.53. The van der Waals surface area contributed by atoms with Crippen molar-refractivity contribution in [3.8, 4) is 0 Å². The molecule has 1 aromatic carbocycles. The first-order chi connectivity index (χ1) is 7.27. The zero-order valence-corrected chi connectivity index (χ0v) is 9.06. The molecule has 0 bridgehead atoms. The Kier molecular flexibility index (Phi) is 3.02. The van der Waals surface area contributed by atoms with Crippen LogP contribution in [0.4, 0.5) is 0 Å². The van der Waals surface area contributed by atoms with Gasteiger partial charge in [0.15, 0.2) is 0 Å². The summed E-state index contributed by atoms with van der Waals surface area (Å²) in [5, 5.41) is 3.94. The van der Waals surface area contributed by atoms with Crippen LogP contribution in [0.25, 0.3) is 0 Å². The maximum Gasteiger partial charge on any atom is 0.253 e. The molecular weight excluding hydrogens is 190 g/mol. The molecule has 0 spiro atoms. The fourth-order valence-electron chi connectivity index (χ4n) is 1.60. The predicted molar refractivity (Wildman–Crippen MR) is 58.7 cm³/mol. The highest BCUT2D eigenvalue weighted by Crippen LogP contribution is 2.27. The van der Waals surface area contributed by atoms with Crippen LogP contribution in [0.1, 0.15) is 31.3 Å². The molecular formula is C12H15NO2. The van der Waals surface area contributed by atoms with E-state index < -0.39 is 0 Å².